The van der Waals surface area contributed by atoms with E-state index in [9.17, 15) is 4.79 Å². The van der Waals surface area contributed by atoms with E-state index >= 15 is 0 Å². The minimum absolute atomic E-state index is 0.157. The van der Waals surface area contributed by atoms with Crippen LogP contribution < -0.4 is 10.3 Å². The minimum atomic E-state index is -0.157. The highest BCUT2D eigenvalue weighted by molar-refractivity contribution is 5.61. The molecule has 1 N–H and O–H groups in total. The first kappa shape index (κ1) is 10.5. The Balaban J connectivity index is 2.21. The van der Waals surface area contributed by atoms with Gasteiger partial charge in [-0.25, -0.2) is 14.5 Å². The van der Waals surface area contributed by atoms with Crippen LogP contribution in [0.25, 0.3) is 16.9 Å². The Hall–Kier alpha value is -2.63. The van der Waals surface area contributed by atoms with Gasteiger partial charge in [0.1, 0.15) is 0 Å². The molecule has 6 heteroatoms. The summed E-state index contributed by atoms with van der Waals surface area (Å²) < 4.78 is 6.43. The molecule has 0 radical (unpaired) electrons. The predicted octanol–water partition coefficient (Wildman–Crippen LogP) is 1.09. The molecule has 0 spiro atoms. The highest BCUT2D eigenvalue weighted by atomic mass is 16.5. The van der Waals surface area contributed by atoms with Crippen LogP contribution in [0, 0.1) is 0 Å². The maximum Gasteiger partial charge on any atom is 0.273 e. The molecule has 90 valence electrons. The fourth-order valence-corrected chi connectivity index (χ4v) is 1.76. The molecule has 0 bridgehead atoms. The van der Waals surface area contributed by atoms with Gasteiger partial charge < -0.3 is 4.74 Å². The van der Waals surface area contributed by atoms with Crippen LogP contribution >= 0.6 is 0 Å². The van der Waals surface area contributed by atoms with Crippen LogP contribution in [0.3, 0.4) is 0 Å². The summed E-state index contributed by atoms with van der Waals surface area (Å²) in [6.45, 7) is 0. The molecule has 3 aromatic rings. The molecule has 0 aliphatic heterocycles. The molecular weight excluding hydrogens is 232 g/mol. The van der Waals surface area contributed by atoms with Crippen LogP contribution in [0.2, 0.25) is 0 Å². The van der Waals surface area contributed by atoms with Crippen molar-refractivity contribution in [1.82, 2.24) is 19.6 Å². The number of pyridine rings is 1. The lowest BCUT2D eigenvalue weighted by molar-refractivity contribution is 0.398. The number of rotatable bonds is 2. The molecule has 0 atom stereocenters. The average Bonchev–Trinajstić information content (AvgIpc) is 2.87. The zero-order valence-corrected chi connectivity index (χ0v) is 9.62. The summed E-state index contributed by atoms with van der Waals surface area (Å²) in [6.07, 6.45) is 3.29. The predicted molar refractivity (Wildman–Crippen MR) is 65.6 cm³/mol. The molecule has 3 aromatic heterocycles. The number of aromatic amines is 1. The number of methoxy groups -OCH3 is 1. The van der Waals surface area contributed by atoms with Crippen LogP contribution in [0.5, 0.6) is 5.88 Å². The molecule has 0 aliphatic rings. The summed E-state index contributed by atoms with van der Waals surface area (Å²) in [5, 5.41) is 2.79. The molecule has 18 heavy (non-hydrogen) atoms. The van der Waals surface area contributed by atoms with Crippen molar-refractivity contribution in [2.45, 2.75) is 0 Å². The van der Waals surface area contributed by atoms with Gasteiger partial charge in [0.25, 0.3) is 5.56 Å². The Labute approximate surface area is 102 Å². The van der Waals surface area contributed by atoms with Gasteiger partial charge in [0.15, 0.2) is 5.65 Å². The Morgan fingerprint density at radius 2 is 2.22 bits per heavy atom. The summed E-state index contributed by atoms with van der Waals surface area (Å²) in [4.78, 5) is 20.2. The number of hydrogen-bond acceptors (Lipinski definition) is 4. The fraction of sp³-hybridized carbons (Fsp3) is 0.0833. The minimum Gasteiger partial charge on any atom is -0.481 e. The normalized spacial score (nSPS) is 10.7. The third-order valence-corrected chi connectivity index (χ3v) is 2.62. The lowest BCUT2D eigenvalue weighted by Gasteiger charge is -2.03. The Kier molecular flexibility index (Phi) is 2.33. The number of hydrogen-bond donors (Lipinski definition) is 1. The van der Waals surface area contributed by atoms with E-state index in [0.717, 1.165) is 5.56 Å². The summed E-state index contributed by atoms with van der Waals surface area (Å²) >= 11 is 0. The monoisotopic (exact) mass is 242 g/mol. The second kappa shape index (κ2) is 3.99. The largest absolute Gasteiger partial charge is 0.481 e. The average molecular weight is 242 g/mol. The summed E-state index contributed by atoms with van der Waals surface area (Å²) in [5.74, 6) is 0.489. The topological polar surface area (TPSA) is 72.3 Å². The van der Waals surface area contributed by atoms with Crippen molar-refractivity contribution < 1.29 is 4.74 Å². The fourth-order valence-electron chi connectivity index (χ4n) is 1.76. The summed E-state index contributed by atoms with van der Waals surface area (Å²) in [6, 6.07) is 6.74. The van der Waals surface area contributed by atoms with Crippen LogP contribution in [0.15, 0.2) is 41.5 Å². The molecule has 0 fully saturated rings. The van der Waals surface area contributed by atoms with Crippen LogP contribution in [0.4, 0.5) is 0 Å². The van der Waals surface area contributed by atoms with E-state index in [1.54, 1.807) is 37.7 Å². The van der Waals surface area contributed by atoms with Gasteiger partial charge in [-0.1, -0.05) is 0 Å². The van der Waals surface area contributed by atoms with E-state index in [1.807, 2.05) is 0 Å². The molecule has 0 saturated carbocycles. The van der Waals surface area contributed by atoms with Crippen LogP contribution in [-0.2, 0) is 0 Å². The van der Waals surface area contributed by atoms with Crippen molar-refractivity contribution in [1.29, 1.82) is 0 Å². The summed E-state index contributed by atoms with van der Waals surface area (Å²) in [5.41, 5.74) is 1.81. The number of H-pyrrole nitrogens is 1. The molecule has 0 aromatic carbocycles. The van der Waals surface area contributed by atoms with E-state index in [2.05, 4.69) is 15.1 Å². The number of nitrogens with one attached hydrogen (secondary N) is 1. The first-order valence-corrected chi connectivity index (χ1v) is 5.35. The number of nitrogens with zero attached hydrogens (tertiary/aromatic N) is 3. The van der Waals surface area contributed by atoms with Gasteiger partial charge in [0.05, 0.1) is 12.8 Å². The van der Waals surface area contributed by atoms with Gasteiger partial charge in [-0.05, 0) is 6.07 Å². The lowest BCUT2D eigenvalue weighted by atomic mass is 10.2. The number of aromatic nitrogens is 4. The van der Waals surface area contributed by atoms with Crippen LogP contribution in [-0.4, -0.2) is 26.7 Å². The van der Waals surface area contributed by atoms with Gasteiger partial charge in [-0.15, -0.1) is 0 Å². The van der Waals surface area contributed by atoms with E-state index in [1.165, 1.54) is 10.6 Å². The zero-order valence-electron chi connectivity index (χ0n) is 9.62. The highest BCUT2D eigenvalue weighted by Crippen LogP contribution is 2.19. The van der Waals surface area contributed by atoms with Gasteiger partial charge in [-0.3, -0.25) is 9.89 Å². The van der Waals surface area contributed by atoms with Crippen molar-refractivity contribution in [3.05, 3.63) is 47.0 Å². The van der Waals surface area contributed by atoms with E-state index in [4.69, 9.17) is 4.74 Å². The maximum atomic E-state index is 11.8. The Morgan fingerprint density at radius 3 is 3.06 bits per heavy atom. The first-order chi connectivity index (χ1) is 8.78. The Bertz CT molecular complexity index is 760. The quantitative estimate of drug-likeness (QED) is 0.730. The third-order valence-electron chi connectivity index (χ3n) is 2.62. The van der Waals surface area contributed by atoms with Gasteiger partial charge >= 0.3 is 0 Å². The van der Waals surface area contributed by atoms with E-state index in [0.29, 0.717) is 17.2 Å². The molecular formula is C12H10N4O2. The zero-order chi connectivity index (χ0) is 12.5. The van der Waals surface area contributed by atoms with Crippen LogP contribution in [0.1, 0.15) is 0 Å². The van der Waals surface area contributed by atoms with Crippen molar-refractivity contribution in [3.8, 4) is 17.1 Å². The molecule has 3 rings (SSSR count). The number of fused-ring (bicyclic) bond motifs is 1. The summed E-state index contributed by atoms with van der Waals surface area (Å²) in [7, 11) is 1.55. The smallest absolute Gasteiger partial charge is 0.273 e. The van der Waals surface area contributed by atoms with E-state index < -0.39 is 0 Å². The number of ether oxygens (including phenoxy) is 1. The second-order valence-corrected chi connectivity index (χ2v) is 3.72. The highest BCUT2D eigenvalue weighted by Gasteiger charge is 2.06. The molecule has 0 aliphatic carbocycles. The third kappa shape index (κ3) is 1.64. The molecule has 3 heterocycles. The lowest BCUT2D eigenvalue weighted by Crippen LogP contribution is -2.14. The molecule has 0 amide bonds. The standard InChI is InChI=1S/C12H10N4O2/c1-18-11-6-8(2-4-13-11)9-7-12(17)16-10(15-9)3-5-14-16/h2-7,14H,1H3. The molecule has 0 unspecified atom stereocenters. The van der Waals surface area contributed by atoms with Crippen molar-refractivity contribution in [2.75, 3.05) is 7.11 Å². The van der Waals surface area contributed by atoms with E-state index in [-0.39, 0.29) is 5.56 Å². The maximum absolute atomic E-state index is 11.8. The Morgan fingerprint density at radius 1 is 1.33 bits per heavy atom. The van der Waals surface area contributed by atoms with Crippen molar-refractivity contribution >= 4 is 5.65 Å². The second-order valence-electron chi connectivity index (χ2n) is 3.72. The molecule has 0 saturated heterocycles. The van der Waals surface area contributed by atoms with Crippen molar-refractivity contribution in [2.24, 2.45) is 0 Å². The SMILES string of the molecule is COc1cc(-c2cc(=O)n3[nH]ccc3n2)ccn1. The first-order valence-electron chi connectivity index (χ1n) is 5.35. The van der Waals surface area contributed by atoms with Gasteiger partial charge in [0, 0.05) is 36.2 Å². The van der Waals surface area contributed by atoms with Crippen molar-refractivity contribution in [3.63, 3.8) is 0 Å². The van der Waals surface area contributed by atoms with Gasteiger partial charge in [-0.2, -0.15) is 0 Å². The van der Waals surface area contributed by atoms with Gasteiger partial charge in [0.2, 0.25) is 5.88 Å². The molecule has 6 nitrogen and oxygen atoms in total.